The van der Waals surface area contributed by atoms with Crippen molar-refractivity contribution >= 4 is 82.5 Å². The number of likely N-dealkylation sites (N-methyl/N-ethyl adjacent to an activating group) is 8. The first-order valence-corrected chi connectivity index (χ1v) is 39.4. The highest BCUT2D eigenvalue weighted by molar-refractivity contribution is 6.21. The number of fused-ring (bicyclic) bond motifs is 1. The van der Waals surface area contributed by atoms with Gasteiger partial charge in [-0.25, -0.2) is 4.39 Å². The molecule has 105 heavy (non-hydrogen) atoms. The number of hydrogen-bond acceptors (Lipinski definition) is 12. The van der Waals surface area contributed by atoms with Crippen molar-refractivity contribution in [1.82, 2.24) is 60.0 Å². The minimum atomic E-state index is -4.54. The van der Waals surface area contributed by atoms with E-state index in [1.807, 2.05) is 20.8 Å². The summed E-state index contributed by atoms with van der Waals surface area (Å²) in [7, 11) is 12.9. The number of hydrogen-bond donors (Lipinski definition) is 3. The number of carbonyl (C=O) groups excluding carboxylic acids is 12. The zero-order valence-electron chi connectivity index (χ0n) is 64.9. The Morgan fingerprint density at radius 1 is 0.619 bits per heavy atom. The summed E-state index contributed by atoms with van der Waals surface area (Å²) in [5, 5.41) is 7.55. The number of nitrogens with zero attached hydrogens (tertiary/aromatic N) is 9. The maximum absolute atomic E-state index is 16.3. The van der Waals surface area contributed by atoms with E-state index in [1.165, 1.54) is 105 Å². The number of amides is 12. The highest BCUT2D eigenvalue weighted by atomic mass is 35.5. The number of alkyl halides is 5. The highest BCUT2D eigenvalue weighted by Gasteiger charge is 2.53. The largest absolute Gasteiger partial charge is 0.393 e. The molecule has 7 aliphatic rings. The van der Waals surface area contributed by atoms with Crippen LogP contribution in [0, 0.1) is 41.4 Å². The first-order valence-electron chi connectivity index (χ1n) is 39.0. The van der Waals surface area contributed by atoms with E-state index in [0.717, 1.165) is 41.9 Å². The summed E-state index contributed by atoms with van der Waals surface area (Å²) in [5.74, 6) is -12.1. The number of halogens is 5. The van der Waals surface area contributed by atoms with Crippen LogP contribution in [0.3, 0.4) is 0 Å². The molecule has 12 amide bonds. The van der Waals surface area contributed by atoms with Crippen molar-refractivity contribution < 1.29 is 75.1 Å². The maximum Gasteiger partial charge on any atom is 0.393 e. The smallest absolute Gasteiger partial charge is 0.347 e. The molecule has 0 aromatic heterocycles. The summed E-state index contributed by atoms with van der Waals surface area (Å²) < 4.78 is 58.7. The Labute approximate surface area is 624 Å². The van der Waals surface area contributed by atoms with Gasteiger partial charge in [-0.3, -0.25) is 57.5 Å². The molecule has 5 aliphatic carbocycles. The van der Waals surface area contributed by atoms with E-state index >= 15 is 28.4 Å². The zero-order chi connectivity index (χ0) is 77.9. The minimum Gasteiger partial charge on any atom is -0.347 e. The van der Waals surface area contributed by atoms with Crippen LogP contribution in [-0.4, -0.2) is 269 Å². The number of carbonyl (C=O) groups is 12. The van der Waals surface area contributed by atoms with Gasteiger partial charge in [0.25, 0.3) is 0 Å². The zero-order valence-corrected chi connectivity index (χ0v) is 65.7. The molecule has 3 N–H and O–H groups in total. The Bertz CT molecular complexity index is 3080. The molecule has 2 aliphatic heterocycles. The fourth-order valence-electron chi connectivity index (χ4n) is 17.6. The molecular weight excluding hydrogens is 1380 g/mol. The molecule has 0 aromatic rings. The molecule has 0 aromatic carbocycles. The van der Waals surface area contributed by atoms with Crippen molar-refractivity contribution in [1.29, 1.82) is 0 Å². The monoisotopic (exact) mass is 1510 g/mol. The predicted octanol–water partition coefficient (Wildman–Crippen LogP) is 7.46. The van der Waals surface area contributed by atoms with Gasteiger partial charge in [-0.05, 0) is 139 Å². The van der Waals surface area contributed by atoms with Gasteiger partial charge in [-0.15, -0.1) is 11.6 Å². The summed E-state index contributed by atoms with van der Waals surface area (Å²) in [6.07, 6.45) is 3.62. The lowest BCUT2D eigenvalue weighted by Gasteiger charge is -2.45. The van der Waals surface area contributed by atoms with Crippen LogP contribution in [0.2, 0.25) is 0 Å². The van der Waals surface area contributed by atoms with E-state index in [4.69, 9.17) is 11.6 Å². The van der Waals surface area contributed by atoms with Gasteiger partial charge in [0.15, 0.2) is 0 Å². The van der Waals surface area contributed by atoms with E-state index in [9.17, 15) is 46.7 Å². The van der Waals surface area contributed by atoms with Crippen LogP contribution < -0.4 is 16.0 Å². The van der Waals surface area contributed by atoms with Crippen molar-refractivity contribution in [2.75, 3.05) is 76.5 Å². The van der Waals surface area contributed by atoms with Crippen LogP contribution in [0.15, 0.2) is 0 Å². The molecule has 7 fully saturated rings. The Morgan fingerprint density at radius 2 is 1.23 bits per heavy atom. The Balaban J connectivity index is 1.32. The van der Waals surface area contributed by atoms with Gasteiger partial charge in [-0.2, -0.15) is 13.2 Å². The van der Waals surface area contributed by atoms with Crippen LogP contribution in [0.4, 0.5) is 17.6 Å². The van der Waals surface area contributed by atoms with E-state index in [2.05, 4.69) is 16.0 Å². The average molecular weight is 1510 g/mol. The van der Waals surface area contributed by atoms with Crippen LogP contribution >= 0.6 is 11.6 Å². The van der Waals surface area contributed by atoms with E-state index in [-0.39, 0.29) is 95.4 Å². The summed E-state index contributed by atoms with van der Waals surface area (Å²) in [6, 6.07) is -11.5. The molecule has 15 atom stereocenters. The second-order valence-corrected chi connectivity index (χ2v) is 33.3. The SMILES string of the molecule is CC[C@H](C)[C@@H]1NC(=O)[C@H](CC(C)C)N(C)C(=O)C[C@@H](C(=O)N(C)C)N(C)C(=O)[C@H](C2CCCC2)N(C)C(=O)C2(CCCC2)NC(=O)[C@H](CC2CCCCC2F)N(C)C(=O)[C@H](CCC2CCC(C(F)(F)F)C(Cl)C2)NC(=O)CN(C)C(=O)[C@H](CC2CCCCC2)N(C)C(=O)[C@@H]2CCN2C(=O)[C@H](C)N(C)C1=O. The third kappa shape index (κ3) is 20.9. The van der Waals surface area contributed by atoms with Crippen LogP contribution in [-0.2, 0) is 57.5 Å². The third-order valence-corrected chi connectivity index (χ3v) is 25.4. The molecule has 0 radical (unpaired) electrons. The van der Waals surface area contributed by atoms with Gasteiger partial charge in [0.05, 0.1) is 18.9 Å². The number of nitrogens with one attached hydrogen (secondary N) is 3. The van der Waals surface area contributed by atoms with Gasteiger partial charge < -0.3 is 60.0 Å². The standard InChI is InChI=1S/C76H123ClF4N12O12/c1-15-46(4)63-72(103)87(9)47(5)67(98)93-38-35-56(93)71(102)90(12)59(41-48-25-17-16-18-26-48)70(101)86(8)44-61(94)82-55(34-32-49-31-33-52(53(77)40-49)76(79,80)81)68(99)89(11)58(42-51-29-21-22-30-54(51)78)66(97)84-75(36-23-24-37-75)74(105)92(14)64(50-27-19-20-28-50)73(104)91(13)60(69(100)85(6)7)43-62(95)88(10)57(39-45(2)3)65(96)83-63/h45-60,63-64H,15-44H2,1-14H3,(H,82,94)(H,83,96)(H,84,97)/t46-,47-,49?,51?,52?,53?,54?,55-,56-,57-,58-,59-,60-,63-,64-/m0/s1. The highest BCUT2D eigenvalue weighted by Crippen LogP contribution is 2.44. The molecule has 7 rings (SSSR count). The van der Waals surface area contributed by atoms with Gasteiger partial charge in [0.1, 0.15) is 66.1 Å². The second kappa shape index (κ2) is 37.7. The fourth-order valence-corrected chi connectivity index (χ4v) is 18.1. The molecule has 1 spiro atoms. The predicted molar refractivity (Wildman–Crippen MR) is 389 cm³/mol. The van der Waals surface area contributed by atoms with Crippen molar-refractivity contribution in [3.63, 3.8) is 0 Å². The van der Waals surface area contributed by atoms with Crippen molar-refractivity contribution in [2.45, 2.75) is 292 Å². The lowest BCUT2D eigenvalue weighted by molar-refractivity contribution is -0.182. The molecule has 24 nitrogen and oxygen atoms in total. The van der Waals surface area contributed by atoms with Crippen LogP contribution in [0.5, 0.6) is 0 Å². The van der Waals surface area contributed by atoms with Crippen LogP contribution in [0.1, 0.15) is 214 Å². The van der Waals surface area contributed by atoms with E-state index in [1.54, 1.807) is 6.92 Å². The van der Waals surface area contributed by atoms with E-state index in [0.29, 0.717) is 64.2 Å². The molecule has 594 valence electrons. The molecule has 29 heteroatoms. The lowest BCUT2D eigenvalue weighted by atomic mass is 9.78. The van der Waals surface area contributed by atoms with Gasteiger partial charge in [0, 0.05) is 75.4 Å². The summed E-state index contributed by atoms with van der Waals surface area (Å²) in [5.41, 5.74) is -1.68. The minimum absolute atomic E-state index is 0.00630. The second-order valence-electron chi connectivity index (χ2n) is 32.8. The quantitative estimate of drug-likeness (QED) is 0.120. The lowest BCUT2D eigenvalue weighted by Crippen LogP contribution is -2.65. The molecule has 5 unspecified atom stereocenters. The normalized spacial score (nSPS) is 31.8. The van der Waals surface area contributed by atoms with Crippen molar-refractivity contribution in [2.24, 2.45) is 41.4 Å². The summed E-state index contributed by atoms with van der Waals surface area (Å²) in [4.78, 5) is 193. The fraction of sp³-hybridized carbons (Fsp3) is 0.842. The van der Waals surface area contributed by atoms with Gasteiger partial charge >= 0.3 is 6.18 Å². The van der Waals surface area contributed by atoms with Crippen molar-refractivity contribution in [3.8, 4) is 0 Å². The topological polar surface area (TPSA) is 270 Å². The Morgan fingerprint density at radius 3 is 1.80 bits per heavy atom. The molecule has 5 saturated carbocycles. The van der Waals surface area contributed by atoms with E-state index < -0.39 is 191 Å². The summed E-state index contributed by atoms with van der Waals surface area (Å²) in [6.45, 7) is 8.33. The molecule has 2 heterocycles. The third-order valence-electron chi connectivity index (χ3n) is 24.9. The molecular formula is C76H123ClF4N12O12. The van der Waals surface area contributed by atoms with Crippen molar-refractivity contribution in [3.05, 3.63) is 0 Å². The first kappa shape index (κ1) is 85.9. The first-order chi connectivity index (χ1) is 49.3. The molecule has 0 bridgehead atoms. The summed E-state index contributed by atoms with van der Waals surface area (Å²) >= 11 is 6.45. The molecule has 2 saturated heterocycles. The maximum atomic E-state index is 16.3. The van der Waals surface area contributed by atoms with Gasteiger partial charge in [-0.1, -0.05) is 105 Å². The number of rotatable bonds is 13. The van der Waals surface area contributed by atoms with Gasteiger partial charge in [0.2, 0.25) is 70.9 Å². The van der Waals surface area contributed by atoms with Crippen LogP contribution in [0.25, 0.3) is 0 Å². The average Bonchev–Trinajstić information content (AvgIpc) is 1.77. The Kier molecular flexibility index (Phi) is 30.8. The Hall–Kier alpha value is -6.35.